The Morgan fingerprint density at radius 2 is 2.31 bits per heavy atom. The molecule has 0 rings (SSSR count). The van der Waals surface area contributed by atoms with Gasteiger partial charge < -0.3 is 10.9 Å². The topological polar surface area (TPSA) is 61.8 Å². The summed E-state index contributed by atoms with van der Waals surface area (Å²) in [7, 11) is 0. The van der Waals surface area contributed by atoms with Crippen molar-refractivity contribution < 1.29 is 5.21 Å². The van der Waals surface area contributed by atoms with E-state index in [9.17, 15) is 0 Å². The molecule has 0 aliphatic rings. The highest BCUT2D eigenvalue weighted by Gasteiger charge is 2.03. The van der Waals surface area contributed by atoms with Crippen molar-refractivity contribution in [2.75, 3.05) is 31.6 Å². The highest BCUT2D eigenvalue weighted by Crippen LogP contribution is 1.98. The number of nitrogens with zero attached hydrogens (tertiary/aromatic N) is 2. The number of rotatable bonds is 7. The first kappa shape index (κ1) is 12.6. The van der Waals surface area contributed by atoms with Crippen LogP contribution in [0.5, 0.6) is 0 Å². The van der Waals surface area contributed by atoms with E-state index in [0.29, 0.717) is 6.54 Å². The number of nitrogens with two attached hydrogens (primary N) is 1. The monoisotopic (exact) mass is 205 g/mol. The molecular formula is C8H19N3OS. The third kappa shape index (κ3) is 6.72. The molecule has 4 nitrogen and oxygen atoms in total. The summed E-state index contributed by atoms with van der Waals surface area (Å²) in [6.45, 7) is 4.57. The van der Waals surface area contributed by atoms with Gasteiger partial charge in [-0.3, -0.25) is 4.90 Å². The van der Waals surface area contributed by atoms with Crippen molar-refractivity contribution in [2.45, 2.75) is 13.3 Å². The molecule has 0 aliphatic heterocycles. The van der Waals surface area contributed by atoms with Crippen molar-refractivity contribution in [3.05, 3.63) is 0 Å². The SMILES string of the molecule is CCN(CCCSC)CC(N)=NO. The van der Waals surface area contributed by atoms with Gasteiger partial charge in [-0.15, -0.1) is 0 Å². The standard InChI is InChI=1S/C8H19N3OS/c1-3-11(5-4-6-13-2)7-8(9)10-12/h12H,3-7H2,1-2H3,(H2,9,10). The maximum Gasteiger partial charge on any atom is 0.153 e. The van der Waals surface area contributed by atoms with E-state index in [0.717, 1.165) is 25.3 Å². The molecule has 0 heterocycles. The lowest BCUT2D eigenvalue weighted by Gasteiger charge is -2.18. The molecule has 0 radical (unpaired) electrons. The van der Waals surface area contributed by atoms with Crippen molar-refractivity contribution in [1.82, 2.24) is 4.90 Å². The van der Waals surface area contributed by atoms with Crippen LogP contribution in [0.3, 0.4) is 0 Å². The molecule has 0 aromatic rings. The third-order valence-corrected chi connectivity index (χ3v) is 2.48. The summed E-state index contributed by atoms with van der Waals surface area (Å²) in [4.78, 5) is 2.16. The Bertz CT molecular complexity index is 152. The van der Waals surface area contributed by atoms with Crippen LogP contribution in [0, 0.1) is 0 Å². The van der Waals surface area contributed by atoms with Crippen molar-refractivity contribution in [3.8, 4) is 0 Å². The molecule has 0 saturated heterocycles. The van der Waals surface area contributed by atoms with Gasteiger partial charge in [-0.2, -0.15) is 11.8 Å². The van der Waals surface area contributed by atoms with Crippen LogP contribution in [0.25, 0.3) is 0 Å². The quantitative estimate of drug-likeness (QED) is 0.212. The first-order valence-electron chi connectivity index (χ1n) is 4.42. The molecule has 0 aliphatic carbocycles. The zero-order valence-corrected chi connectivity index (χ0v) is 9.18. The van der Waals surface area contributed by atoms with Crippen molar-refractivity contribution in [2.24, 2.45) is 10.9 Å². The first-order chi connectivity index (χ1) is 6.24. The zero-order valence-electron chi connectivity index (χ0n) is 8.36. The summed E-state index contributed by atoms with van der Waals surface area (Å²) in [5, 5.41) is 11.3. The fraction of sp³-hybridized carbons (Fsp3) is 0.875. The highest BCUT2D eigenvalue weighted by atomic mass is 32.2. The maximum absolute atomic E-state index is 8.38. The Hall–Kier alpha value is -0.420. The molecule has 78 valence electrons. The number of oxime groups is 1. The Balaban J connectivity index is 3.63. The van der Waals surface area contributed by atoms with Crippen LogP contribution >= 0.6 is 11.8 Å². The minimum Gasteiger partial charge on any atom is -0.409 e. The minimum atomic E-state index is 0.283. The second kappa shape index (κ2) is 8.19. The lowest BCUT2D eigenvalue weighted by atomic mass is 10.4. The summed E-state index contributed by atoms with van der Waals surface area (Å²) < 4.78 is 0. The van der Waals surface area contributed by atoms with Crippen LogP contribution < -0.4 is 5.73 Å². The lowest BCUT2D eigenvalue weighted by Crippen LogP contribution is -2.34. The van der Waals surface area contributed by atoms with E-state index in [2.05, 4.69) is 23.2 Å². The van der Waals surface area contributed by atoms with Gasteiger partial charge in [0.1, 0.15) is 0 Å². The van der Waals surface area contributed by atoms with Crippen LogP contribution in [-0.4, -0.2) is 47.6 Å². The number of hydrogen-bond acceptors (Lipinski definition) is 4. The van der Waals surface area contributed by atoms with Crippen molar-refractivity contribution in [1.29, 1.82) is 0 Å². The molecule has 0 saturated carbocycles. The largest absolute Gasteiger partial charge is 0.409 e. The molecule has 13 heavy (non-hydrogen) atoms. The summed E-state index contributed by atoms with van der Waals surface area (Å²) in [5.74, 6) is 1.44. The average Bonchev–Trinajstić information content (AvgIpc) is 2.16. The maximum atomic E-state index is 8.38. The van der Waals surface area contributed by atoms with Crippen LogP contribution in [-0.2, 0) is 0 Å². The van der Waals surface area contributed by atoms with E-state index in [1.54, 1.807) is 0 Å². The number of hydrogen-bond donors (Lipinski definition) is 2. The van der Waals surface area contributed by atoms with Crippen LogP contribution in [0.2, 0.25) is 0 Å². The third-order valence-electron chi connectivity index (χ3n) is 1.78. The van der Waals surface area contributed by atoms with Gasteiger partial charge in [0.2, 0.25) is 0 Å². The molecule has 0 atom stereocenters. The molecule has 0 aromatic heterocycles. The van der Waals surface area contributed by atoms with Gasteiger partial charge in [0.25, 0.3) is 0 Å². The Morgan fingerprint density at radius 1 is 1.62 bits per heavy atom. The van der Waals surface area contributed by atoms with Gasteiger partial charge in [0, 0.05) is 0 Å². The molecule has 0 amide bonds. The summed E-state index contributed by atoms with van der Waals surface area (Å²) in [6, 6.07) is 0. The fourth-order valence-corrected chi connectivity index (χ4v) is 1.46. The van der Waals surface area contributed by atoms with Crippen molar-refractivity contribution in [3.63, 3.8) is 0 Å². The van der Waals surface area contributed by atoms with E-state index < -0.39 is 0 Å². The molecule has 0 unspecified atom stereocenters. The Morgan fingerprint density at radius 3 is 2.77 bits per heavy atom. The Labute approximate surface area is 84.2 Å². The molecular weight excluding hydrogens is 186 g/mol. The average molecular weight is 205 g/mol. The van der Waals surface area contributed by atoms with Crippen molar-refractivity contribution >= 4 is 17.6 Å². The molecule has 5 heteroatoms. The normalized spacial score (nSPS) is 12.4. The summed E-state index contributed by atoms with van der Waals surface area (Å²) in [5.41, 5.74) is 5.41. The number of amidine groups is 1. The van der Waals surface area contributed by atoms with Crippen LogP contribution in [0.1, 0.15) is 13.3 Å². The van der Waals surface area contributed by atoms with Gasteiger partial charge in [-0.25, -0.2) is 0 Å². The van der Waals surface area contributed by atoms with Gasteiger partial charge in [0.05, 0.1) is 6.54 Å². The van der Waals surface area contributed by atoms with E-state index in [1.807, 2.05) is 11.8 Å². The fourth-order valence-electron chi connectivity index (χ4n) is 1.04. The molecule has 3 N–H and O–H groups in total. The minimum absolute atomic E-state index is 0.283. The Kier molecular flexibility index (Phi) is 7.93. The van der Waals surface area contributed by atoms with Crippen LogP contribution in [0.4, 0.5) is 0 Å². The molecule has 0 bridgehead atoms. The number of thioether (sulfide) groups is 1. The summed E-state index contributed by atoms with van der Waals surface area (Å²) in [6.07, 6.45) is 3.24. The first-order valence-corrected chi connectivity index (χ1v) is 5.81. The van der Waals surface area contributed by atoms with Gasteiger partial charge >= 0.3 is 0 Å². The van der Waals surface area contributed by atoms with Crippen LogP contribution in [0.15, 0.2) is 5.16 Å². The smallest absolute Gasteiger partial charge is 0.153 e. The predicted octanol–water partition coefficient (Wildman–Crippen LogP) is 0.808. The van der Waals surface area contributed by atoms with Gasteiger partial charge in [-0.1, -0.05) is 12.1 Å². The summed E-state index contributed by atoms with van der Waals surface area (Å²) >= 11 is 1.84. The molecule has 0 fully saturated rings. The molecule has 0 aromatic carbocycles. The van der Waals surface area contributed by atoms with Gasteiger partial charge in [-0.05, 0) is 31.5 Å². The zero-order chi connectivity index (χ0) is 10.1. The predicted molar refractivity (Wildman–Crippen MR) is 58.5 cm³/mol. The molecule has 0 spiro atoms. The highest BCUT2D eigenvalue weighted by molar-refractivity contribution is 7.98. The van der Waals surface area contributed by atoms with Gasteiger partial charge in [0.15, 0.2) is 5.84 Å². The number of likely N-dealkylation sites (N-methyl/N-ethyl adjacent to an activating group) is 1. The van der Waals surface area contributed by atoms with E-state index in [4.69, 9.17) is 10.9 Å². The van der Waals surface area contributed by atoms with E-state index in [-0.39, 0.29) is 5.84 Å². The second-order valence-corrected chi connectivity index (χ2v) is 3.79. The van der Waals surface area contributed by atoms with E-state index >= 15 is 0 Å². The van der Waals surface area contributed by atoms with E-state index in [1.165, 1.54) is 0 Å². The lowest BCUT2D eigenvalue weighted by molar-refractivity contribution is 0.299. The second-order valence-electron chi connectivity index (χ2n) is 2.81.